The monoisotopic (exact) mass is 330 g/mol. The van der Waals surface area contributed by atoms with Crippen LogP contribution in [0, 0.1) is 11.3 Å². The summed E-state index contributed by atoms with van der Waals surface area (Å²) in [6.07, 6.45) is 4.24. The summed E-state index contributed by atoms with van der Waals surface area (Å²) in [4.78, 5) is 25.9. The molecule has 0 atom stereocenters. The molecule has 1 aliphatic carbocycles. The van der Waals surface area contributed by atoms with Crippen LogP contribution in [0.4, 0.5) is 0 Å². The van der Waals surface area contributed by atoms with E-state index in [1.807, 2.05) is 0 Å². The molecule has 0 heterocycles. The lowest BCUT2D eigenvalue weighted by Crippen LogP contribution is -2.51. The van der Waals surface area contributed by atoms with Crippen molar-refractivity contribution in [2.45, 2.75) is 37.6 Å². The Kier molecular flexibility index (Phi) is 5.80. The lowest BCUT2D eigenvalue weighted by molar-refractivity contribution is -0.138. The van der Waals surface area contributed by atoms with Crippen LogP contribution in [0.3, 0.4) is 0 Å². The maximum Gasteiger partial charge on any atom is 0.342 e. The third-order valence-corrected chi connectivity index (χ3v) is 4.56. The molecule has 0 aliphatic heterocycles. The molecule has 0 spiro atoms. The molecule has 2 rings (SSSR count). The second-order valence-corrected chi connectivity index (χ2v) is 5.93. The average Bonchev–Trinajstić information content (AvgIpc) is 2.65. The number of rotatable bonds is 5. The number of nitriles is 1. The fourth-order valence-electron chi connectivity index (χ4n) is 3.01. The zero-order valence-corrected chi connectivity index (χ0v) is 14.1. The molecule has 24 heavy (non-hydrogen) atoms. The number of hydrogen-bond acceptors (Lipinski definition) is 5. The number of amides is 1. The van der Waals surface area contributed by atoms with E-state index in [1.54, 1.807) is 31.3 Å². The summed E-state index contributed by atoms with van der Waals surface area (Å²) >= 11 is 0. The number of carbonyl (C=O) groups is 2. The number of para-hydroxylation sites is 1. The van der Waals surface area contributed by atoms with Crippen LogP contribution >= 0.6 is 0 Å². The number of hydrogen-bond donors (Lipinski definition) is 0. The number of likely N-dealkylation sites (N-methyl/N-ethyl adjacent to an activating group) is 1. The van der Waals surface area contributed by atoms with Crippen molar-refractivity contribution in [2.75, 3.05) is 20.8 Å². The number of ether oxygens (including phenoxy) is 2. The molecule has 0 N–H and O–H groups in total. The summed E-state index contributed by atoms with van der Waals surface area (Å²) in [5.74, 6) is -0.602. The fourth-order valence-corrected chi connectivity index (χ4v) is 3.01. The van der Waals surface area contributed by atoms with Crippen LogP contribution in [0.25, 0.3) is 0 Å². The summed E-state index contributed by atoms with van der Waals surface area (Å²) < 4.78 is 10.2. The molecule has 0 saturated heterocycles. The Morgan fingerprint density at radius 3 is 2.54 bits per heavy atom. The molecule has 0 unspecified atom stereocenters. The molecule has 1 saturated carbocycles. The molecule has 1 fully saturated rings. The van der Waals surface area contributed by atoms with Crippen LogP contribution in [0.15, 0.2) is 24.3 Å². The van der Waals surface area contributed by atoms with Crippen molar-refractivity contribution in [3.8, 4) is 11.8 Å². The Morgan fingerprint density at radius 1 is 1.25 bits per heavy atom. The number of benzene rings is 1. The average molecular weight is 330 g/mol. The molecule has 1 aromatic rings. The predicted octanol–water partition coefficient (Wildman–Crippen LogP) is 2.54. The molecule has 0 bridgehead atoms. The highest BCUT2D eigenvalue weighted by Crippen LogP contribution is 2.32. The van der Waals surface area contributed by atoms with Gasteiger partial charge < -0.3 is 14.4 Å². The van der Waals surface area contributed by atoms with Gasteiger partial charge in [-0.3, -0.25) is 4.79 Å². The molecular formula is C18H22N2O4. The second-order valence-electron chi connectivity index (χ2n) is 5.93. The maximum absolute atomic E-state index is 12.4. The standard InChI is InChI=1S/C18H22N2O4/c1-20(18(13-19)10-6-3-7-11-18)16(21)12-24-17(22)14-8-4-5-9-15(14)23-2/h4-5,8-9H,3,6-7,10-12H2,1-2H3. The van der Waals surface area contributed by atoms with E-state index in [0.717, 1.165) is 19.3 Å². The lowest BCUT2D eigenvalue weighted by atomic mass is 9.81. The van der Waals surface area contributed by atoms with E-state index < -0.39 is 18.1 Å². The van der Waals surface area contributed by atoms with Crippen LogP contribution in [0.2, 0.25) is 0 Å². The van der Waals surface area contributed by atoms with Crippen LogP contribution in [0.1, 0.15) is 42.5 Å². The molecule has 1 aromatic carbocycles. The van der Waals surface area contributed by atoms with Gasteiger partial charge in [-0.2, -0.15) is 5.26 Å². The summed E-state index contributed by atoms with van der Waals surface area (Å²) in [5.41, 5.74) is -0.519. The van der Waals surface area contributed by atoms with Crippen molar-refractivity contribution in [1.82, 2.24) is 4.90 Å². The third-order valence-electron chi connectivity index (χ3n) is 4.56. The minimum Gasteiger partial charge on any atom is -0.496 e. The van der Waals surface area contributed by atoms with Crippen molar-refractivity contribution in [3.05, 3.63) is 29.8 Å². The largest absolute Gasteiger partial charge is 0.496 e. The molecular weight excluding hydrogens is 308 g/mol. The Labute approximate surface area is 142 Å². The van der Waals surface area contributed by atoms with E-state index >= 15 is 0 Å². The second kappa shape index (κ2) is 7.82. The van der Waals surface area contributed by atoms with Gasteiger partial charge in [0, 0.05) is 7.05 Å². The van der Waals surface area contributed by atoms with Gasteiger partial charge in [-0.25, -0.2) is 4.79 Å². The highest BCUT2D eigenvalue weighted by molar-refractivity contribution is 5.94. The number of esters is 1. The number of carbonyl (C=O) groups excluding carboxylic acids is 2. The minimum atomic E-state index is -0.786. The summed E-state index contributed by atoms with van der Waals surface area (Å²) in [7, 11) is 3.07. The van der Waals surface area contributed by atoms with Crippen LogP contribution < -0.4 is 4.74 Å². The fraction of sp³-hybridized carbons (Fsp3) is 0.500. The Hall–Kier alpha value is -2.55. The zero-order chi connectivity index (χ0) is 17.6. The molecule has 0 radical (unpaired) electrons. The first-order valence-corrected chi connectivity index (χ1v) is 8.02. The third kappa shape index (κ3) is 3.67. The number of methoxy groups -OCH3 is 1. The first kappa shape index (κ1) is 17.8. The summed E-state index contributed by atoms with van der Waals surface area (Å²) in [6.45, 7) is -0.392. The summed E-state index contributed by atoms with van der Waals surface area (Å²) in [5, 5.41) is 9.52. The molecule has 128 valence electrons. The summed E-state index contributed by atoms with van der Waals surface area (Å²) in [6, 6.07) is 8.95. The highest BCUT2D eigenvalue weighted by atomic mass is 16.5. The Bertz CT molecular complexity index is 645. The zero-order valence-electron chi connectivity index (χ0n) is 14.1. The van der Waals surface area contributed by atoms with E-state index in [2.05, 4.69) is 6.07 Å². The molecule has 1 amide bonds. The van der Waals surface area contributed by atoms with Gasteiger partial charge in [0.25, 0.3) is 5.91 Å². The lowest BCUT2D eigenvalue weighted by Gasteiger charge is -2.38. The van der Waals surface area contributed by atoms with Gasteiger partial charge in [0.1, 0.15) is 16.9 Å². The molecule has 6 nitrogen and oxygen atoms in total. The first-order valence-electron chi connectivity index (χ1n) is 8.02. The van der Waals surface area contributed by atoms with E-state index in [-0.39, 0.29) is 11.5 Å². The van der Waals surface area contributed by atoms with Gasteiger partial charge in [-0.1, -0.05) is 31.4 Å². The predicted molar refractivity (Wildman–Crippen MR) is 87.5 cm³/mol. The Balaban J connectivity index is 1.99. The van der Waals surface area contributed by atoms with E-state index in [9.17, 15) is 14.9 Å². The van der Waals surface area contributed by atoms with Crippen molar-refractivity contribution in [2.24, 2.45) is 0 Å². The quantitative estimate of drug-likeness (QED) is 0.775. The smallest absolute Gasteiger partial charge is 0.342 e. The van der Waals surface area contributed by atoms with E-state index in [4.69, 9.17) is 9.47 Å². The molecule has 1 aliphatic rings. The van der Waals surface area contributed by atoms with Gasteiger partial charge in [-0.05, 0) is 25.0 Å². The van der Waals surface area contributed by atoms with Gasteiger partial charge in [0.2, 0.25) is 0 Å². The van der Waals surface area contributed by atoms with Crippen molar-refractivity contribution >= 4 is 11.9 Å². The van der Waals surface area contributed by atoms with Crippen molar-refractivity contribution in [1.29, 1.82) is 5.26 Å². The number of nitrogens with zero attached hydrogens (tertiary/aromatic N) is 2. The van der Waals surface area contributed by atoms with Gasteiger partial charge in [0.05, 0.1) is 13.2 Å². The topological polar surface area (TPSA) is 79.6 Å². The van der Waals surface area contributed by atoms with Crippen LogP contribution in [0.5, 0.6) is 5.75 Å². The first-order chi connectivity index (χ1) is 11.5. The minimum absolute atomic E-state index is 0.267. The van der Waals surface area contributed by atoms with Gasteiger partial charge >= 0.3 is 5.97 Å². The van der Waals surface area contributed by atoms with Crippen molar-refractivity contribution < 1.29 is 19.1 Å². The normalized spacial score (nSPS) is 15.9. The molecule has 6 heteroatoms. The van der Waals surface area contributed by atoms with E-state index in [1.165, 1.54) is 12.0 Å². The van der Waals surface area contributed by atoms with Gasteiger partial charge in [-0.15, -0.1) is 0 Å². The van der Waals surface area contributed by atoms with Gasteiger partial charge in [0.15, 0.2) is 6.61 Å². The van der Waals surface area contributed by atoms with Crippen LogP contribution in [-0.4, -0.2) is 43.1 Å². The highest BCUT2D eigenvalue weighted by Gasteiger charge is 2.39. The molecule has 0 aromatic heterocycles. The van der Waals surface area contributed by atoms with Crippen molar-refractivity contribution in [3.63, 3.8) is 0 Å². The van der Waals surface area contributed by atoms with Crippen LogP contribution in [-0.2, 0) is 9.53 Å². The SMILES string of the molecule is COc1ccccc1C(=O)OCC(=O)N(C)C1(C#N)CCCCC1. The van der Waals surface area contributed by atoms with E-state index in [0.29, 0.717) is 18.6 Å². The maximum atomic E-state index is 12.4. The Morgan fingerprint density at radius 2 is 1.92 bits per heavy atom.